The van der Waals surface area contributed by atoms with E-state index in [1.807, 2.05) is 24.3 Å². The van der Waals surface area contributed by atoms with E-state index in [0.717, 1.165) is 11.4 Å². The molecule has 3 nitrogen and oxygen atoms in total. The summed E-state index contributed by atoms with van der Waals surface area (Å²) in [5.41, 5.74) is 1.82. The summed E-state index contributed by atoms with van der Waals surface area (Å²) in [6, 6.07) is 7.64. The lowest BCUT2D eigenvalue weighted by molar-refractivity contribution is -0.117. The van der Waals surface area contributed by atoms with Crippen LogP contribution >= 0.6 is 0 Å². The minimum Gasteiger partial charge on any atom is -0.374 e. The van der Waals surface area contributed by atoms with Crippen LogP contribution in [0.4, 0.5) is 11.4 Å². The van der Waals surface area contributed by atoms with Crippen molar-refractivity contribution in [3.8, 4) is 12.3 Å². The molecule has 0 saturated carbocycles. The van der Waals surface area contributed by atoms with Gasteiger partial charge in [0.05, 0.1) is 24.5 Å². The molecule has 1 aromatic rings. The van der Waals surface area contributed by atoms with Gasteiger partial charge in [0.2, 0.25) is 5.91 Å². The molecule has 1 heterocycles. The fourth-order valence-corrected chi connectivity index (χ4v) is 1.52. The molecule has 14 heavy (non-hydrogen) atoms. The van der Waals surface area contributed by atoms with Crippen molar-refractivity contribution in [2.45, 2.75) is 0 Å². The molecule has 0 atom stereocenters. The maximum Gasteiger partial charge on any atom is 0.247 e. The number of para-hydroxylation sites is 2. The van der Waals surface area contributed by atoms with E-state index in [4.69, 9.17) is 6.42 Å². The Bertz CT molecular complexity index is 406. The minimum absolute atomic E-state index is 0.0154. The summed E-state index contributed by atoms with van der Waals surface area (Å²) in [6.07, 6.45) is 5.21. The largest absolute Gasteiger partial charge is 0.374 e. The number of fused-ring (bicyclic) bond motifs is 1. The fourth-order valence-electron chi connectivity index (χ4n) is 1.52. The lowest BCUT2D eigenvalue weighted by atomic mass is 10.2. The SMILES string of the molecule is C#CCN1C(=O)CNc2ccccc21. The van der Waals surface area contributed by atoms with E-state index in [-0.39, 0.29) is 5.91 Å². The predicted molar refractivity (Wildman–Crippen MR) is 56.1 cm³/mol. The smallest absolute Gasteiger partial charge is 0.247 e. The summed E-state index contributed by atoms with van der Waals surface area (Å²) in [4.78, 5) is 13.1. The Balaban J connectivity index is 2.42. The standard InChI is InChI=1S/C11H10N2O/c1-2-7-13-10-6-4-3-5-9(10)12-8-11(13)14/h1,3-6,12H,7-8H2. The zero-order valence-corrected chi connectivity index (χ0v) is 7.66. The second kappa shape index (κ2) is 3.43. The average Bonchev–Trinajstić information content (AvgIpc) is 2.23. The van der Waals surface area contributed by atoms with E-state index in [2.05, 4.69) is 11.2 Å². The predicted octanol–water partition coefficient (Wildman–Crippen LogP) is 1.08. The number of hydrogen-bond acceptors (Lipinski definition) is 2. The third kappa shape index (κ3) is 1.31. The van der Waals surface area contributed by atoms with Gasteiger partial charge in [-0.25, -0.2) is 0 Å². The number of carbonyl (C=O) groups excluding carboxylic acids is 1. The molecule has 1 aliphatic heterocycles. The van der Waals surface area contributed by atoms with Crippen molar-refractivity contribution in [1.29, 1.82) is 0 Å². The first-order valence-electron chi connectivity index (χ1n) is 4.39. The monoisotopic (exact) mass is 186 g/mol. The quantitative estimate of drug-likeness (QED) is 0.665. The molecule has 0 fully saturated rings. The van der Waals surface area contributed by atoms with Crippen molar-refractivity contribution in [3.05, 3.63) is 24.3 Å². The third-order valence-electron chi connectivity index (χ3n) is 2.18. The number of rotatable bonds is 1. The van der Waals surface area contributed by atoms with Gasteiger partial charge in [-0.1, -0.05) is 18.1 Å². The molecule has 0 spiro atoms. The van der Waals surface area contributed by atoms with Crippen LogP contribution < -0.4 is 10.2 Å². The highest BCUT2D eigenvalue weighted by Crippen LogP contribution is 2.28. The Morgan fingerprint density at radius 2 is 2.29 bits per heavy atom. The molecule has 0 aromatic heterocycles. The van der Waals surface area contributed by atoms with Crippen molar-refractivity contribution in [1.82, 2.24) is 0 Å². The zero-order chi connectivity index (χ0) is 9.97. The van der Waals surface area contributed by atoms with E-state index in [9.17, 15) is 4.79 Å². The van der Waals surface area contributed by atoms with E-state index >= 15 is 0 Å². The highest BCUT2D eigenvalue weighted by Gasteiger charge is 2.21. The first kappa shape index (κ1) is 8.64. The first-order chi connectivity index (χ1) is 6.83. The second-order valence-corrected chi connectivity index (χ2v) is 3.05. The van der Waals surface area contributed by atoms with Crippen molar-refractivity contribution in [2.24, 2.45) is 0 Å². The van der Waals surface area contributed by atoms with Crippen LogP contribution in [0.25, 0.3) is 0 Å². The van der Waals surface area contributed by atoms with Crippen molar-refractivity contribution in [3.63, 3.8) is 0 Å². The van der Waals surface area contributed by atoms with Gasteiger partial charge in [-0.2, -0.15) is 0 Å². The van der Waals surface area contributed by atoms with Crippen molar-refractivity contribution >= 4 is 17.3 Å². The summed E-state index contributed by atoms with van der Waals surface area (Å²) >= 11 is 0. The second-order valence-electron chi connectivity index (χ2n) is 3.05. The molecule has 1 amide bonds. The summed E-state index contributed by atoms with van der Waals surface area (Å²) < 4.78 is 0. The highest BCUT2D eigenvalue weighted by atomic mass is 16.2. The number of carbonyl (C=O) groups is 1. The Kier molecular flexibility index (Phi) is 2.11. The molecule has 1 aromatic carbocycles. The van der Waals surface area contributed by atoms with E-state index in [0.29, 0.717) is 13.1 Å². The number of amides is 1. The number of anilines is 2. The van der Waals surface area contributed by atoms with Crippen LogP contribution in [0.15, 0.2) is 24.3 Å². The van der Waals surface area contributed by atoms with E-state index in [1.54, 1.807) is 4.90 Å². The number of terminal acetylenes is 1. The van der Waals surface area contributed by atoms with Gasteiger partial charge >= 0.3 is 0 Å². The van der Waals surface area contributed by atoms with Gasteiger partial charge in [-0.15, -0.1) is 6.42 Å². The van der Waals surface area contributed by atoms with Gasteiger partial charge in [0.25, 0.3) is 0 Å². The molecule has 70 valence electrons. The molecule has 0 radical (unpaired) electrons. The Hall–Kier alpha value is -1.95. The molecule has 1 N–H and O–H groups in total. The molecule has 3 heteroatoms. The molecule has 1 aliphatic rings. The van der Waals surface area contributed by atoms with Crippen LogP contribution in [-0.4, -0.2) is 19.0 Å². The summed E-state index contributed by atoms with van der Waals surface area (Å²) in [7, 11) is 0. The molecular weight excluding hydrogens is 176 g/mol. The summed E-state index contributed by atoms with van der Waals surface area (Å²) in [5, 5.41) is 3.04. The van der Waals surface area contributed by atoms with Crippen LogP contribution in [-0.2, 0) is 4.79 Å². The Morgan fingerprint density at radius 1 is 1.50 bits per heavy atom. The van der Waals surface area contributed by atoms with Crippen LogP contribution in [0.2, 0.25) is 0 Å². The highest BCUT2D eigenvalue weighted by molar-refractivity contribution is 6.02. The van der Waals surface area contributed by atoms with Crippen LogP contribution in [0.1, 0.15) is 0 Å². The summed E-state index contributed by atoms with van der Waals surface area (Å²) in [5.74, 6) is 2.50. The molecule has 0 unspecified atom stereocenters. The third-order valence-corrected chi connectivity index (χ3v) is 2.18. The number of benzene rings is 1. The fraction of sp³-hybridized carbons (Fsp3) is 0.182. The maximum absolute atomic E-state index is 11.5. The van der Waals surface area contributed by atoms with E-state index < -0.39 is 0 Å². The molecular formula is C11H10N2O. The molecule has 0 bridgehead atoms. The van der Waals surface area contributed by atoms with Gasteiger partial charge in [0.15, 0.2) is 0 Å². The van der Waals surface area contributed by atoms with E-state index in [1.165, 1.54) is 0 Å². The van der Waals surface area contributed by atoms with Crippen molar-refractivity contribution in [2.75, 3.05) is 23.3 Å². The zero-order valence-electron chi connectivity index (χ0n) is 7.66. The minimum atomic E-state index is 0.0154. The Labute approximate surface area is 82.7 Å². The number of hydrogen-bond donors (Lipinski definition) is 1. The van der Waals surface area contributed by atoms with Gasteiger partial charge < -0.3 is 5.32 Å². The normalized spacial score (nSPS) is 14.2. The van der Waals surface area contributed by atoms with Gasteiger partial charge in [0.1, 0.15) is 0 Å². The van der Waals surface area contributed by atoms with Gasteiger partial charge in [0, 0.05) is 0 Å². The van der Waals surface area contributed by atoms with Crippen molar-refractivity contribution < 1.29 is 4.79 Å². The maximum atomic E-state index is 11.5. The van der Waals surface area contributed by atoms with Crippen LogP contribution in [0.3, 0.4) is 0 Å². The average molecular weight is 186 g/mol. The summed E-state index contributed by atoms with van der Waals surface area (Å²) in [6.45, 7) is 0.649. The molecule has 0 saturated heterocycles. The lowest BCUT2D eigenvalue weighted by Gasteiger charge is -2.28. The topological polar surface area (TPSA) is 32.3 Å². The van der Waals surface area contributed by atoms with Gasteiger partial charge in [-0.05, 0) is 12.1 Å². The number of nitrogens with one attached hydrogen (secondary N) is 1. The van der Waals surface area contributed by atoms with Gasteiger partial charge in [-0.3, -0.25) is 9.69 Å². The molecule has 2 rings (SSSR count). The van der Waals surface area contributed by atoms with Crippen LogP contribution in [0, 0.1) is 12.3 Å². The lowest BCUT2D eigenvalue weighted by Crippen LogP contribution is -2.40. The molecule has 0 aliphatic carbocycles. The number of nitrogens with zero attached hydrogens (tertiary/aromatic N) is 1. The first-order valence-corrected chi connectivity index (χ1v) is 4.39. The Morgan fingerprint density at radius 3 is 3.07 bits per heavy atom. The van der Waals surface area contributed by atoms with Crippen LogP contribution in [0.5, 0.6) is 0 Å².